The molecule has 0 aliphatic rings. The maximum atomic E-state index is 11.5. The SMILES string of the molecule is CC(=O)c1ccccc1Sc1ccc(Br)cc1. The van der Waals surface area contributed by atoms with Gasteiger partial charge in [0.1, 0.15) is 0 Å². The molecule has 0 heterocycles. The van der Waals surface area contributed by atoms with Gasteiger partial charge < -0.3 is 0 Å². The molecule has 2 aromatic carbocycles. The van der Waals surface area contributed by atoms with E-state index >= 15 is 0 Å². The third-order valence-electron chi connectivity index (χ3n) is 2.31. The predicted octanol–water partition coefficient (Wildman–Crippen LogP) is 4.80. The number of carbonyl (C=O) groups excluding carboxylic acids is 1. The largest absolute Gasteiger partial charge is 0.294 e. The van der Waals surface area contributed by atoms with Crippen LogP contribution < -0.4 is 0 Å². The highest BCUT2D eigenvalue weighted by atomic mass is 79.9. The van der Waals surface area contributed by atoms with Crippen LogP contribution in [0.25, 0.3) is 0 Å². The van der Waals surface area contributed by atoms with Gasteiger partial charge in [0, 0.05) is 19.8 Å². The van der Waals surface area contributed by atoms with Gasteiger partial charge in [-0.05, 0) is 37.3 Å². The Morgan fingerprint density at radius 1 is 1.06 bits per heavy atom. The zero-order valence-corrected chi connectivity index (χ0v) is 11.7. The number of benzene rings is 2. The number of rotatable bonds is 3. The molecule has 0 saturated carbocycles. The van der Waals surface area contributed by atoms with Gasteiger partial charge in [-0.1, -0.05) is 45.9 Å². The lowest BCUT2D eigenvalue weighted by molar-refractivity contribution is 0.101. The first-order valence-electron chi connectivity index (χ1n) is 5.20. The Labute approximate surface area is 113 Å². The Morgan fingerprint density at radius 2 is 1.71 bits per heavy atom. The molecule has 2 aromatic rings. The van der Waals surface area contributed by atoms with Crippen LogP contribution in [0.2, 0.25) is 0 Å². The van der Waals surface area contributed by atoms with Crippen molar-refractivity contribution < 1.29 is 4.79 Å². The molecular weight excluding hydrogens is 296 g/mol. The molecule has 0 amide bonds. The van der Waals surface area contributed by atoms with Gasteiger partial charge in [0.15, 0.2) is 5.78 Å². The quantitative estimate of drug-likeness (QED) is 0.757. The molecule has 0 radical (unpaired) electrons. The van der Waals surface area contributed by atoms with E-state index in [1.54, 1.807) is 18.7 Å². The minimum absolute atomic E-state index is 0.102. The summed E-state index contributed by atoms with van der Waals surface area (Å²) in [5.41, 5.74) is 0.778. The van der Waals surface area contributed by atoms with Crippen LogP contribution in [0, 0.1) is 0 Å². The van der Waals surface area contributed by atoms with Gasteiger partial charge in [-0.15, -0.1) is 0 Å². The number of Topliss-reactive ketones (excluding diaryl/α,β-unsaturated/α-hetero) is 1. The van der Waals surface area contributed by atoms with E-state index in [1.807, 2.05) is 48.5 Å². The minimum Gasteiger partial charge on any atom is -0.294 e. The molecule has 17 heavy (non-hydrogen) atoms. The molecule has 0 saturated heterocycles. The molecule has 0 spiro atoms. The molecular formula is C14H11BrOS. The smallest absolute Gasteiger partial charge is 0.160 e. The van der Waals surface area contributed by atoms with Crippen LogP contribution in [0.15, 0.2) is 62.8 Å². The first kappa shape index (κ1) is 12.4. The Morgan fingerprint density at radius 3 is 2.35 bits per heavy atom. The minimum atomic E-state index is 0.102. The van der Waals surface area contributed by atoms with Crippen molar-refractivity contribution in [3.05, 3.63) is 58.6 Å². The zero-order valence-electron chi connectivity index (χ0n) is 9.31. The zero-order chi connectivity index (χ0) is 12.3. The summed E-state index contributed by atoms with van der Waals surface area (Å²) in [5, 5.41) is 0. The van der Waals surface area contributed by atoms with Gasteiger partial charge in [-0.25, -0.2) is 0 Å². The van der Waals surface area contributed by atoms with Gasteiger partial charge in [-0.3, -0.25) is 4.79 Å². The number of hydrogen-bond acceptors (Lipinski definition) is 2. The molecule has 0 N–H and O–H groups in total. The first-order valence-corrected chi connectivity index (χ1v) is 6.81. The number of hydrogen-bond donors (Lipinski definition) is 0. The Kier molecular flexibility index (Phi) is 4.02. The van der Waals surface area contributed by atoms with E-state index in [9.17, 15) is 4.79 Å². The number of ketones is 1. The van der Waals surface area contributed by atoms with Crippen molar-refractivity contribution in [2.75, 3.05) is 0 Å². The van der Waals surface area contributed by atoms with Gasteiger partial charge in [0.25, 0.3) is 0 Å². The van der Waals surface area contributed by atoms with Crippen LogP contribution in [0.5, 0.6) is 0 Å². The van der Waals surface area contributed by atoms with E-state index in [0.29, 0.717) is 0 Å². The summed E-state index contributed by atoms with van der Waals surface area (Å²) in [6, 6.07) is 15.7. The summed E-state index contributed by atoms with van der Waals surface area (Å²) in [4.78, 5) is 13.6. The van der Waals surface area contributed by atoms with Crippen LogP contribution in [0.4, 0.5) is 0 Å². The fraction of sp³-hybridized carbons (Fsp3) is 0.0714. The normalized spacial score (nSPS) is 10.2. The van der Waals surface area contributed by atoms with Crippen LogP contribution in [0.3, 0.4) is 0 Å². The van der Waals surface area contributed by atoms with Crippen molar-refractivity contribution in [1.82, 2.24) is 0 Å². The van der Waals surface area contributed by atoms with Crippen molar-refractivity contribution in [2.45, 2.75) is 16.7 Å². The van der Waals surface area contributed by atoms with Gasteiger partial charge in [0.05, 0.1) is 0 Å². The highest BCUT2D eigenvalue weighted by Gasteiger charge is 2.07. The average molecular weight is 307 g/mol. The highest BCUT2D eigenvalue weighted by Crippen LogP contribution is 2.31. The molecule has 0 aromatic heterocycles. The van der Waals surface area contributed by atoms with E-state index < -0.39 is 0 Å². The van der Waals surface area contributed by atoms with Gasteiger partial charge in [0.2, 0.25) is 0 Å². The third-order valence-corrected chi connectivity index (χ3v) is 3.92. The number of halogens is 1. The van der Waals surface area contributed by atoms with Crippen LogP contribution >= 0.6 is 27.7 Å². The summed E-state index contributed by atoms with van der Waals surface area (Å²) in [5.74, 6) is 0.102. The summed E-state index contributed by atoms with van der Waals surface area (Å²) < 4.78 is 1.06. The topological polar surface area (TPSA) is 17.1 Å². The van der Waals surface area contributed by atoms with Crippen LogP contribution in [-0.2, 0) is 0 Å². The van der Waals surface area contributed by atoms with E-state index in [2.05, 4.69) is 15.9 Å². The number of carbonyl (C=O) groups is 1. The molecule has 0 fully saturated rings. The van der Waals surface area contributed by atoms with E-state index in [1.165, 1.54) is 0 Å². The first-order chi connectivity index (χ1) is 8.16. The maximum absolute atomic E-state index is 11.5. The van der Waals surface area contributed by atoms with E-state index in [4.69, 9.17) is 0 Å². The lowest BCUT2D eigenvalue weighted by atomic mass is 10.1. The second-order valence-electron chi connectivity index (χ2n) is 3.61. The van der Waals surface area contributed by atoms with E-state index in [0.717, 1.165) is 19.8 Å². The molecule has 0 bridgehead atoms. The van der Waals surface area contributed by atoms with E-state index in [-0.39, 0.29) is 5.78 Å². The average Bonchev–Trinajstić information content (AvgIpc) is 2.32. The molecule has 0 aliphatic heterocycles. The summed E-state index contributed by atoms with van der Waals surface area (Å²) in [7, 11) is 0. The summed E-state index contributed by atoms with van der Waals surface area (Å²) >= 11 is 5.01. The fourth-order valence-corrected chi connectivity index (χ4v) is 2.73. The third kappa shape index (κ3) is 3.20. The van der Waals surface area contributed by atoms with Crippen molar-refractivity contribution in [3.63, 3.8) is 0 Å². The van der Waals surface area contributed by atoms with Crippen molar-refractivity contribution in [1.29, 1.82) is 0 Å². The van der Waals surface area contributed by atoms with Crippen LogP contribution in [0.1, 0.15) is 17.3 Å². The fourth-order valence-electron chi connectivity index (χ4n) is 1.48. The standard InChI is InChI=1S/C14H11BrOS/c1-10(16)13-4-2-3-5-14(13)17-12-8-6-11(15)7-9-12/h2-9H,1H3. The predicted molar refractivity (Wildman–Crippen MR) is 74.7 cm³/mol. The Bertz CT molecular complexity index is 534. The second-order valence-corrected chi connectivity index (χ2v) is 5.64. The van der Waals surface area contributed by atoms with Crippen molar-refractivity contribution >= 4 is 33.5 Å². The van der Waals surface area contributed by atoms with Gasteiger partial charge in [-0.2, -0.15) is 0 Å². The molecule has 86 valence electrons. The Balaban J connectivity index is 2.30. The highest BCUT2D eigenvalue weighted by molar-refractivity contribution is 9.10. The lowest BCUT2D eigenvalue weighted by Gasteiger charge is -2.06. The molecule has 2 rings (SSSR count). The molecule has 0 aliphatic carbocycles. The molecule has 0 atom stereocenters. The second kappa shape index (κ2) is 5.52. The summed E-state index contributed by atoms with van der Waals surface area (Å²) in [6.45, 7) is 1.60. The molecule has 0 unspecified atom stereocenters. The van der Waals surface area contributed by atoms with Crippen LogP contribution in [-0.4, -0.2) is 5.78 Å². The summed E-state index contributed by atoms with van der Waals surface area (Å²) in [6.07, 6.45) is 0. The van der Waals surface area contributed by atoms with Crippen molar-refractivity contribution in [3.8, 4) is 0 Å². The van der Waals surface area contributed by atoms with Gasteiger partial charge >= 0.3 is 0 Å². The monoisotopic (exact) mass is 306 g/mol. The van der Waals surface area contributed by atoms with Crippen molar-refractivity contribution in [2.24, 2.45) is 0 Å². The lowest BCUT2D eigenvalue weighted by Crippen LogP contribution is -1.94. The maximum Gasteiger partial charge on any atom is 0.160 e. The molecule has 3 heteroatoms. The Hall–Kier alpha value is -1.06. The molecule has 1 nitrogen and oxygen atoms in total.